The van der Waals surface area contributed by atoms with Crippen molar-refractivity contribution in [2.75, 3.05) is 24.7 Å². The fourth-order valence-electron chi connectivity index (χ4n) is 2.48. The van der Waals surface area contributed by atoms with Crippen molar-refractivity contribution in [1.29, 1.82) is 0 Å². The Morgan fingerprint density at radius 2 is 1.67 bits per heavy atom. The molecule has 0 bridgehead atoms. The van der Waals surface area contributed by atoms with E-state index in [1.165, 1.54) is 16.8 Å². The maximum Gasteiger partial charge on any atom is 0.151 e. The Kier molecular flexibility index (Phi) is 4.60. The van der Waals surface area contributed by atoms with Crippen LogP contribution in [0, 0.1) is 0 Å². The van der Waals surface area contributed by atoms with Crippen LogP contribution in [0.25, 0.3) is 0 Å². The monoisotopic (exact) mass is 249 g/mol. The normalized spacial score (nSPS) is 11.4. The summed E-state index contributed by atoms with van der Waals surface area (Å²) in [7, 11) is 3.99. The number of anilines is 2. The zero-order valence-corrected chi connectivity index (χ0v) is 12.8. The summed E-state index contributed by atoms with van der Waals surface area (Å²) >= 11 is 0. The molecule has 1 heterocycles. The minimum atomic E-state index is 0.423. The summed E-state index contributed by atoms with van der Waals surface area (Å²) in [6.07, 6.45) is 0.961. The van der Waals surface area contributed by atoms with Gasteiger partial charge in [0, 0.05) is 19.8 Å². The highest BCUT2D eigenvalue weighted by atomic mass is 15.1. The number of hydrogen-bond acceptors (Lipinski definition) is 3. The number of pyridine rings is 1. The van der Waals surface area contributed by atoms with Gasteiger partial charge in [-0.25, -0.2) is 4.98 Å². The van der Waals surface area contributed by atoms with Crippen LogP contribution in [-0.4, -0.2) is 19.1 Å². The Morgan fingerprint density at radius 1 is 1.11 bits per heavy atom. The van der Waals surface area contributed by atoms with E-state index < -0.39 is 0 Å². The third-order valence-electron chi connectivity index (χ3n) is 3.29. The number of hydrogen-bond donors (Lipinski definition) is 1. The minimum absolute atomic E-state index is 0.423. The Balaban J connectivity index is 3.64. The van der Waals surface area contributed by atoms with Gasteiger partial charge in [0.15, 0.2) is 5.82 Å². The smallest absolute Gasteiger partial charge is 0.151 e. The van der Waals surface area contributed by atoms with Crippen molar-refractivity contribution in [3.8, 4) is 0 Å². The molecule has 1 aromatic heterocycles. The molecule has 3 nitrogen and oxygen atoms in total. The molecule has 0 aliphatic carbocycles. The molecule has 1 aromatic rings. The Bertz CT molecular complexity index is 420. The average Bonchev–Trinajstić information content (AvgIpc) is 2.26. The van der Waals surface area contributed by atoms with Crippen molar-refractivity contribution in [2.24, 2.45) is 0 Å². The highest BCUT2D eigenvalue weighted by Crippen LogP contribution is 2.36. The second-order valence-electron chi connectivity index (χ2n) is 5.68. The lowest BCUT2D eigenvalue weighted by Gasteiger charge is -2.25. The van der Waals surface area contributed by atoms with Crippen LogP contribution >= 0.6 is 0 Å². The van der Waals surface area contributed by atoms with Crippen LogP contribution in [0.15, 0.2) is 0 Å². The van der Waals surface area contributed by atoms with E-state index in [1.54, 1.807) is 0 Å². The van der Waals surface area contributed by atoms with Crippen molar-refractivity contribution < 1.29 is 0 Å². The second kappa shape index (κ2) is 5.59. The van der Waals surface area contributed by atoms with Gasteiger partial charge < -0.3 is 10.6 Å². The number of nitrogen functional groups attached to an aromatic ring is 1. The van der Waals surface area contributed by atoms with Crippen molar-refractivity contribution in [3.05, 3.63) is 16.8 Å². The first-order chi connectivity index (χ1) is 8.31. The molecule has 102 valence electrons. The maximum atomic E-state index is 6.30. The van der Waals surface area contributed by atoms with E-state index >= 15 is 0 Å². The van der Waals surface area contributed by atoms with Crippen molar-refractivity contribution in [3.63, 3.8) is 0 Å². The van der Waals surface area contributed by atoms with Gasteiger partial charge in [-0.2, -0.15) is 0 Å². The highest BCUT2D eigenvalue weighted by molar-refractivity contribution is 5.69. The minimum Gasteiger partial charge on any atom is -0.396 e. The van der Waals surface area contributed by atoms with Crippen LogP contribution < -0.4 is 10.6 Å². The molecule has 0 aliphatic rings. The first-order valence-corrected chi connectivity index (χ1v) is 6.80. The van der Waals surface area contributed by atoms with E-state index in [4.69, 9.17) is 10.7 Å². The van der Waals surface area contributed by atoms with Gasteiger partial charge in [-0.15, -0.1) is 0 Å². The van der Waals surface area contributed by atoms with Crippen molar-refractivity contribution >= 4 is 11.5 Å². The van der Waals surface area contributed by atoms with E-state index in [1.807, 2.05) is 19.0 Å². The SMILES string of the molecule is CCc1c(N)c(N(C)C)nc(C(C)C)c1C(C)C. The largest absolute Gasteiger partial charge is 0.396 e. The van der Waals surface area contributed by atoms with Crippen molar-refractivity contribution in [2.45, 2.75) is 52.9 Å². The molecular formula is C15H27N3. The van der Waals surface area contributed by atoms with E-state index in [9.17, 15) is 0 Å². The summed E-state index contributed by atoms with van der Waals surface area (Å²) < 4.78 is 0. The summed E-state index contributed by atoms with van der Waals surface area (Å²) in [5.41, 5.74) is 10.9. The quantitative estimate of drug-likeness (QED) is 0.887. The van der Waals surface area contributed by atoms with Gasteiger partial charge in [0.25, 0.3) is 0 Å². The lowest BCUT2D eigenvalue weighted by atomic mass is 9.89. The molecular weight excluding hydrogens is 222 g/mol. The molecule has 0 atom stereocenters. The lowest BCUT2D eigenvalue weighted by molar-refractivity contribution is 0.744. The zero-order valence-electron chi connectivity index (χ0n) is 12.8. The van der Waals surface area contributed by atoms with E-state index in [-0.39, 0.29) is 0 Å². The van der Waals surface area contributed by atoms with E-state index in [0.717, 1.165) is 17.9 Å². The Morgan fingerprint density at radius 3 is 2.00 bits per heavy atom. The first kappa shape index (κ1) is 14.8. The predicted molar refractivity (Wildman–Crippen MR) is 80.5 cm³/mol. The molecule has 0 amide bonds. The third kappa shape index (κ3) is 2.60. The molecule has 1 rings (SSSR count). The summed E-state index contributed by atoms with van der Waals surface area (Å²) in [5.74, 6) is 1.79. The summed E-state index contributed by atoms with van der Waals surface area (Å²) in [4.78, 5) is 6.81. The van der Waals surface area contributed by atoms with Crippen LogP contribution in [0.1, 0.15) is 63.3 Å². The molecule has 0 aromatic carbocycles. The van der Waals surface area contributed by atoms with Gasteiger partial charge in [-0.3, -0.25) is 0 Å². The molecule has 0 fully saturated rings. The van der Waals surface area contributed by atoms with Gasteiger partial charge in [-0.05, 0) is 29.4 Å². The fraction of sp³-hybridized carbons (Fsp3) is 0.667. The van der Waals surface area contributed by atoms with Crippen LogP contribution in [0.2, 0.25) is 0 Å². The van der Waals surface area contributed by atoms with Gasteiger partial charge in [0.05, 0.1) is 5.69 Å². The van der Waals surface area contributed by atoms with Crippen LogP contribution in [-0.2, 0) is 6.42 Å². The topological polar surface area (TPSA) is 42.1 Å². The summed E-state index contributed by atoms with van der Waals surface area (Å²) in [6.45, 7) is 11.0. The Hall–Kier alpha value is -1.25. The van der Waals surface area contributed by atoms with Gasteiger partial charge >= 0.3 is 0 Å². The predicted octanol–water partition coefficient (Wildman–Crippen LogP) is 3.54. The zero-order chi connectivity index (χ0) is 14.0. The molecule has 3 heteroatoms. The second-order valence-corrected chi connectivity index (χ2v) is 5.68. The average molecular weight is 249 g/mol. The maximum absolute atomic E-state index is 6.30. The molecule has 0 saturated carbocycles. The van der Waals surface area contributed by atoms with E-state index in [2.05, 4.69) is 34.6 Å². The van der Waals surface area contributed by atoms with Crippen LogP contribution in [0.3, 0.4) is 0 Å². The molecule has 2 N–H and O–H groups in total. The van der Waals surface area contributed by atoms with Gasteiger partial charge in [0.1, 0.15) is 0 Å². The van der Waals surface area contributed by atoms with E-state index in [0.29, 0.717) is 11.8 Å². The third-order valence-corrected chi connectivity index (χ3v) is 3.29. The highest BCUT2D eigenvalue weighted by Gasteiger charge is 2.21. The van der Waals surface area contributed by atoms with Crippen LogP contribution in [0.5, 0.6) is 0 Å². The number of aromatic nitrogens is 1. The first-order valence-electron chi connectivity index (χ1n) is 6.80. The lowest BCUT2D eigenvalue weighted by Crippen LogP contribution is -2.18. The van der Waals surface area contributed by atoms with Crippen molar-refractivity contribution in [1.82, 2.24) is 4.98 Å². The number of nitrogens with zero attached hydrogens (tertiary/aromatic N) is 2. The fourth-order valence-corrected chi connectivity index (χ4v) is 2.48. The molecule has 0 spiro atoms. The van der Waals surface area contributed by atoms with Gasteiger partial charge in [-0.1, -0.05) is 34.6 Å². The van der Waals surface area contributed by atoms with Gasteiger partial charge in [0.2, 0.25) is 0 Å². The molecule has 0 saturated heterocycles. The molecule has 0 aliphatic heterocycles. The summed E-state index contributed by atoms with van der Waals surface area (Å²) in [6, 6.07) is 0. The standard InChI is InChI=1S/C15H27N3/c1-8-11-12(9(2)3)14(10(4)5)17-15(13(11)16)18(6)7/h9-10H,8,16H2,1-7H3. The number of nitrogens with two attached hydrogens (primary N) is 1. The molecule has 18 heavy (non-hydrogen) atoms. The molecule has 0 radical (unpaired) electrons. The van der Waals surface area contributed by atoms with Crippen LogP contribution in [0.4, 0.5) is 11.5 Å². The number of rotatable bonds is 4. The Labute approximate surface area is 111 Å². The molecule has 0 unspecified atom stereocenters. The summed E-state index contributed by atoms with van der Waals surface area (Å²) in [5, 5.41) is 0.